The fourth-order valence-electron chi connectivity index (χ4n) is 5.06. The Bertz CT molecular complexity index is 1800. The maximum atomic E-state index is 15.6. The highest BCUT2D eigenvalue weighted by Crippen LogP contribution is 2.47. The van der Waals surface area contributed by atoms with Crippen molar-refractivity contribution < 1.29 is 32.9 Å². The summed E-state index contributed by atoms with van der Waals surface area (Å²) in [5.41, 5.74) is 4.11. The number of hydrogen-bond acceptors (Lipinski definition) is 5. The van der Waals surface area contributed by atoms with E-state index in [-0.39, 0.29) is 17.5 Å². The number of carboxylic acids is 1. The number of methoxy groups -OCH3 is 1. The molecule has 9 heteroatoms. The van der Waals surface area contributed by atoms with Crippen molar-refractivity contribution >= 4 is 17.0 Å². The van der Waals surface area contributed by atoms with Crippen molar-refractivity contribution in [3.05, 3.63) is 113 Å². The number of ether oxygens (including phenoxy) is 3. The van der Waals surface area contributed by atoms with Crippen LogP contribution < -0.4 is 9.47 Å². The number of imidazole rings is 1. The molecule has 41 heavy (non-hydrogen) atoms. The molecule has 0 aliphatic carbocycles. The number of carboxylic acid groups (broad SMARTS) is 1. The number of para-hydroxylation sites is 1. The van der Waals surface area contributed by atoms with E-state index in [4.69, 9.17) is 14.2 Å². The van der Waals surface area contributed by atoms with Crippen LogP contribution in [0.25, 0.3) is 22.2 Å². The second kappa shape index (κ2) is 10.7. The van der Waals surface area contributed by atoms with E-state index in [0.717, 1.165) is 5.56 Å². The van der Waals surface area contributed by atoms with Crippen LogP contribution in [0.3, 0.4) is 0 Å². The summed E-state index contributed by atoms with van der Waals surface area (Å²) >= 11 is 0. The van der Waals surface area contributed by atoms with Gasteiger partial charge in [0.1, 0.15) is 17.5 Å². The first-order valence-electron chi connectivity index (χ1n) is 13.0. The smallest absolute Gasteiger partial charge is 0.335 e. The van der Waals surface area contributed by atoms with Crippen LogP contribution in [0.4, 0.5) is 8.78 Å². The van der Waals surface area contributed by atoms with Crippen molar-refractivity contribution in [2.24, 2.45) is 0 Å². The summed E-state index contributed by atoms with van der Waals surface area (Å²) in [6, 6.07) is 19.8. The Labute approximate surface area is 234 Å². The topological polar surface area (TPSA) is 82.8 Å². The first-order valence-corrected chi connectivity index (χ1v) is 13.0. The number of benzene rings is 4. The van der Waals surface area contributed by atoms with Crippen molar-refractivity contribution in [3.8, 4) is 22.6 Å². The maximum absolute atomic E-state index is 15.6. The third-order valence-corrected chi connectivity index (χ3v) is 7.15. The molecule has 0 amide bonds. The number of aromatic nitrogens is 2. The van der Waals surface area contributed by atoms with E-state index in [0.29, 0.717) is 58.2 Å². The molecule has 2 heterocycles. The number of nitrogens with zero attached hydrogens (tertiary/aromatic N) is 2. The zero-order valence-electron chi connectivity index (χ0n) is 22.4. The van der Waals surface area contributed by atoms with Gasteiger partial charge in [-0.1, -0.05) is 30.3 Å². The summed E-state index contributed by atoms with van der Waals surface area (Å²) in [5, 5.41) is 9.43. The molecule has 0 spiro atoms. The van der Waals surface area contributed by atoms with Gasteiger partial charge in [0, 0.05) is 25.6 Å². The number of carbonyl (C=O) groups is 1. The molecular formula is C32H26F2N2O5. The molecule has 1 atom stereocenters. The number of halogens is 2. The first kappa shape index (κ1) is 26.5. The molecule has 5 aromatic rings. The summed E-state index contributed by atoms with van der Waals surface area (Å²) in [7, 11) is 1.58. The Balaban J connectivity index is 1.30. The highest BCUT2D eigenvalue weighted by atomic mass is 19.1. The van der Waals surface area contributed by atoms with Crippen LogP contribution in [0.2, 0.25) is 0 Å². The van der Waals surface area contributed by atoms with Crippen molar-refractivity contribution in [1.29, 1.82) is 0 Å². The van der Waals surface area contributed by atoms with Crippen molar-refractivity contribution in [2.75, 3.05) is 13.7 Å². The molecule has 0 saturated carbocycles. The van der Waals surface area contributed by atoms with Gasteiger partial charge in [0.15, 0.2) is 11.5 Å². The van der Waals surface area contributed by atoms with Crippen LogP contribution >= 0.6 is 0 Å². The monoisotopic (exact) mass is 556 g/mol. The molecule has 4 aromatic carbocycles. The minimum absolute atomic E-state index is 0.145. The zero-order valence-corrected chi connectivity index (χ0v) is 22.4. The van der Waals surface area contributed by atoms with Crippen molar-refractivity contribution in [1.82, 2.24) is 9.55 Å². The highest BCUT2D eigenvalue weighted by Gasteiger charge is 2.30. The number of aryl methyl sites for hydroxylation is 1. The third kappa shape index (κ3) is 5.00. The van der Waals surface area contributed by atoms with Gasteiger partial charge in [0.25, 0.3) is 6.29 Å². The molecule has 1 aliphatic heterocycles. The minimum atomic E-state index is -1.04. The van der Waals surface area contributed by atoms with E-state index in [1.807, 2.05) is 4.57 Å². The van der Waals surface area contributed by atoms with Crippen molar-refractivity contribution in [3.63, 3.8) is 0 Å². The van der Waals surface area contributed by atoms with E-state index in [1.54, 1.807) is 68.6 Å². The fraction of sp³-hybridized carbons (Fsp3) is 0.188. The van der Waals surface area contributed by atoms with E-state index >= 15 is 4.39 Å². The number of aromatic carboxylic acids is 1. The van der Waals surface area contributed by atoms with Crippen LogP contribution in [0.5, 0.6) is 11.5 Å². The quantitative estimate of drug-likeness (QED) is 0.229. The predicted octanol–water partition coefficient (Wildman–Crippen LogP) is 6.70. The lowest BCUT2D eigenvalue weighted by atomic mass is 10.0. The Morgan fingerprint density at radius 1 is 1.02 bits per heavy atom. The summed E-state index contributed by atoms with van der Waals surface area (Å²) < 4.78 is 49.2. The van der Waals surface area contributed by atoms with Crippen LogP contribution in [0.1, 0.15) is 39.2 Å². The van der Waals surface area contributed by atoms with Gasteiger partial charge in [0.05, 0.1) is 28.8 Å². The number of rotatable bonds is 8. The first-order chi connectivity index (χ1) is 19.8. The highest BCUT2D eigenvalue weighted by molar-refractivity contribution is 5.92. The predicted molar refractivity (Wildman–Crippen MR) is 148 cm³/mol. The van der Waals surface area contributed by atoms with E-state index in [1.165, 1.54) is 18.2 Å². The third-order valence-electron chi connectivity index (χ3n) is 7.15. The van der Waals surface area contributed by atoms with Gasteiger partial charge in [-0.25, -0.2) is 18.6 Å². The van der Waals surface area contributed by atoms with Gasteiger partial charge < -0.3 is 23.9 Å². The van der Waals surface area contributed by atoms with E-state index in [9.17, 15) is 14.3 Å². The normalized spacial score (nSPS) is 14.1. The van der Waals surface area contributed by atoms with Gasteiger partial charge in [0.2, 0.25) is 0 Å². The van der Waals surface area contributed by atoms with Crippen LogP contribution in [-0.4, -0.2) is 34.3 Å². The molecule has 7 nitrogen and oxygen atoms in total. The summed E-state index contributed by atoms with van der Waals surface area (Å²) in [6.45, 7) is 2.62. The van der Waals surface area contributed by atoms with Gasteiger partial charge in [-0.2, -0.15) is 0 Å². The molecule has 208 valence electrons. The van der Waals surface area contributed by atoms with Crippen molar-refractivity contribution in [2.45, 2.75) is 26.2 Å². The van der Waals surface area contributed by atoms with Crippen LogP contribution in [0.15, 0.2) is 72.8 Å². The number of hydrogen-bond donors (Lipinski definition) is 1. The maximum Gasteiger partial charge on any atom is 0.335 e. The second-order valence-electron chi connectivity index (χ2n) is 9.89. The lowest BCUT2D eigenvalue weighted by Crippen LogP contribution is -2.10. The SMILES string of the molecule is COCCn1c(Cc2ccc(-c3cccc4c3OC(c3ccc(C)cc3F)O4)cc2F)nc2ccc(C(=O)O)cc21. The van der Waals surface area contributed by atoms with Crippen LogP contribution in [-0.2, 0) is 17.7 Å². The molecule has 0 radical (unpaired) electrons. The molecule has 0 fully saturated rings. The van der Waals surface area contributed by atoms with E-state index in [2.05, 4.69) is 4.98 Å². The largest absolute Gasteiger partial charge is 0.478 e. The Morgan fingerprint density at radius 3 is 2.63 bits per heavy atom. The Morgan fingerprint density at radius 2 is 1.88 bits per heavy atom. The summed E-state index contributed by atoms with van der Waals surface area (Å²) in [6.07, 6.45) is -0.758. The molecule has 6 rings (SSSR count). The molecule has 0 bridgehead atoms. The lowest BCUT2D eigenvalue weighted by Gasteiger charge is -2.13. The summed E-state index contributed by atoms with van der Waals surface area (Å²) in [5.74, 6) is -0.435. The second-order valence-corrected chi connectivity index (χ2v) is 9.89. The van der Waals surface area contributed by atoms with E-state index < -0.39 is 23.9 Å². The molecule has 1 unspecified atom stereocenters. The Kier molecular flexibility index (Phi) is 6.88. The molecular weight excluding hydrogens is 530 g/mol. The van der Waals surface area contributed by atoms with Gasteiger partial charge in [-0.3, -0.25) is 0 Å². The standard InChI is InChI=1S/C32H26F2N2O5/c1-18-6-10-23(25(34)14-18)32-40-28-5-3-4-22(30(28)41-32)19-7-8-20(24(33)15-19)17-29-35-26-11-9-21(31(37)38)16-27(26)36(29)12-13-39-2/h3-11,14-16,32H,12-13,17H2,1-2H3,(H,37,38). The molecule has 1 aliphatic rings. The number of fused-ring (bicyclic) bond motifs is 2. The lowest BCUT2D eigenvalue weighted by molar-refractivity contribution is 0.0456. The molecule has 1 N–H and O–H groups in total. The fourth-order valence-corrected chi connectivity index (χ4v) is 5.06. The summed E-state index contributed by atoms with van der Waals surface area (Å²) in [4.78, 5) is 16.2. The Hall–Kier alpha value is -4.76. The van der Waals surface area contributed by atoms with Crippen LogP contribution in [0, 0.1) is 18.6 Å². The average molecular weight is 557 g/mol. The minimum Gasteiger partial charge on any atom is -0.478 e. The van der Waals surface area contributed by atoms with Gasteiger partial charge >= 0.3 is 5.97 Å². The zero-order chi connectivity index (χ0) is 28.7. The van der Waals surface area contributed by atoms with Gasteiger partial charge in [-0.05, 0) is 66.1 Å². The average Bonchev–Trinajstić information content (AvgIpc) is 3.53. The molecule has 1 aromatic heterocycles. The molecule has 0 saturated heterocycles. The van der Waals surface area contributed by atoms with Gasteiger partial charge in [-0.15, -0.1) is 0 Å².